The number of thiazole rings is 1. The summed E-state index contributed by atoms with van der Waals surface area (Å²) in [6.07, 6.45) is 0.764. The second-order valence-electron chi connectivity index (χ2n) is 9.14. The SMILES string of the molecule is Cc1ccc2nc(N3C(=O)C(=O)C(=C(O)c4ccc5c(c4)CC(C)O5)C3c3ccc(Br)cc3)sc2c1. The van der Waals surface area contributed by atoms with E-state index in [9.17, 15) is 14.7 Å². The molecule has 180 valence electrons. The lowest BCUT2D eigenvalue weighted by Crippen LogP contribution is -2.29. The van der Waals surface area contributed by atoms with E-state index in [1.807, 2.05) is 62.4 Å². The van der Waals surface area contributed by atoms with Crippen LogP contribution in [0.4, 0.5) is 5.13 Å². The highest BCUT2D eigenvalue weighted by atomic mass is 79.9. The highest BCUT2D eigenvalue weighted by Gasteiger charge is 2.48. The average Bonchev–Trinajstić information content (AvgIpc) is 3.51. The maximum atomic E-state index is 13.4. The molecule has 0 radical (unpaired) electrons. The molecule has 0 bridgehead atoms. The van der Waals surface area contributed by atoms with Crippen LogP contribution >= 0.6 is 27.3 Å². The zero-order valence-electron chi connectivity index (χ0n) is 19.5. The quantitative estimate of drug-likeness (QED) is 0.180. The van der Waals surface area contributed by atoms with Crippen LogP contribution in [0, 0.1) is 6.92 Å². The van der Waals surface area contributed by atoms with E-state index in [0.29, 0.717) is 22.7 Å². The molecular formula is C28H21BrN2O4S. The van der Waals surface area contributed by atoms with E-state index in [4.69, 9.17) is 4.74 Å². The van der Waals surface area contributed by atoms with E-state index in [1.165, 1.54) is 16.2 Å². The molecule has 8 heteroatoms. The fourth-order valence-electron chi connectivity index (χ4n) is 4.84. The van der Waals surface area contributed by atoms with Crippen molar-refractivity contribution < 1.29 is 19.4 Å². The summed E-state index contributed by atoms with van der Waals surface area (Å²) in [6, 6.07) is 17.8. The Morgan fingerprint density at radius 1 is 1.11 bits per heavy atom. The lowest BCUT2D eigenvalue weighted by Gasteiger charge is -2.23. The summed E-state index contributed by atoms with van der Waals surface area (Å²) in [5.41, 5.74) is 4.02. The number of aromatic nitrogens is 1. The predicted molar refractivity (Wildman–Crippen MR) is 144 cm³/mol. The first kappa shape index (κ1) is 22.9. The molecular weight excluding hydrogens is 540 g/mol. The largest absolute Gasteiger partial charge is 0.507 e. The van der Waals surface area contributed by atoms with Gasteiger partial charge in [0.2, 0.25) is 0 Å². The molecule has 1 aromatic heterocycles. The number of hydrogen-bond donors (Lipinski definition) is 1. The number of carbonyl (C=O) groups is 2. The Labute approximate surface area is 220 Å². The van der Waals surface area contributed by atoms with Crippen LogP contribution in [-0.2, 0) is 16.0 Å². The molecule has 2 aliphatic heterocycles. The molecule has 0 saturated carbocycles. The van der Waals surface area contributed by atoms with Crippen molar-refractivity contribution in [1.29, 1.82) is 0 Å². The second kappa shape index (κ2) is 8.57. The number of ketones is 1. The van der Waals surface area contributed by atoms with Crippen LogP contribution in [0.3, 0.4) is 0 Å². The number of carbonyl (C=O) groups excluding carboxylic acids is 2. The smallest absolute Gasteiger partial charge is 0.301 e. The molecule has 6 rings (SSSR count). The van der Waals surface area contributed by atoms with Crippen molar-refractivity contribution in [2.45, 2.75) is 32.4 Å². The fraction of sp³-hybridized carbons (Fsp3) is 0.179. The number of amides is 1. The molecule has 1 fully saturated rings. The monoisotopic (exact) mass is 560 g/mol. The molecule has 36 heavy (non-hydrogen) atoms. The molecule has 2 atom stereocenters. The first-order valence-electron chi connectivity index (χ1n) is 11.5. The summed E-state index contributed by atoms with van der Waals surface area (Å²) in [5.74, 6) is -0.879. The van der Waals surface area contributed by atoms with Crippen molar-refractivity contribution in [3.63, 3.8) is 0 Å². The molecule has 6 nitrogen and oxygen atoms in total. The standard InChI is InChI=1S/C28H21BrN2O4S/c1-14-3-9-20-22(11-14)36-28(30-20)31-24(16-4-7-19(29)8-5-16)23(26(33)27(31)34)25(32)17-6-10-21-18(13-17)12-15(2)35-21/h3-11,13,15,24,32H,12H2,1-2H3. The second-order valence-corrected chi connectivity index (χ2v) is 11.1. The van der Waals surface area contributed by atoms with Gasteiger partial charge in [0.25, 0.3) is 5.78 Å². The van der Waals surface area contributed by atoms with Gasteiger partial charge in [0, 0.05) is 16.5 Å². The van der Waals surface area contributed by atoms with E-state index in [2.05, 4.69) is 20.9 Å². The zero-order valence-corrected chi connectivity index (χ0v) is 21.9. The van der Waals surface area contributed by atoms with E-state index >= 15 is 0 Å². The minimum Gasteiger partial charge on any atom is -0.507 e. The van der Waals surface area contributed by atoms with E-state index in [0.717, 1.165) is 31.6 Å². The van der Waals surface area contributed by atoms with Crippen molar-refractivity contribution in [3.8, 4) is 5.75 Å². The number of Topliss-reactive ketones (excluding diaryl/α,β-unsaturated/α-hetero) is 1. The van der Waals surface area contributed by atoms with Crippen molar-refractivity contribution in [2.24, 2.45) is 0 Å². The molecule has 3 heterocycles. The van der Waals surface area contributed by atoms with Gasteiger partial charge >= 0.3 is 5.91 Å². The summed E-state index contributed by atoms with van der Waals surface area (Å²) in [7, 11) is 0. The number of aliphatic hydroxyl groups excluding tert-OH is 1. The number of fused-ring (bicyclic) bond motifs is 2. The van der Waals surface area contributed by atoms with Crippen LogP contribution in [0.1, 0.15) is 35.2 Å². The van der Waals surface area contributed by atoms with Gasteiger partial charge in [0.05, 0.1) is 21.8 Å². The van der Waals surface area contributed by atoms with Crippen molar-refractivity contribution >= 4 is 60.1 Å². The number of nitrogens with zero attached hydrogens (tertiary/aromatic N) is 2. The Morgan fingerprint density at radius 3 is 2.67 bits per heavy atom. The molecule has 1 amide bonds. The van der Waals surface area contributed by atoms with Crippen LogP contribution in [0.2, 0.25) is 0 Å². The average molecular weight is 561 g/mol. The van der Waals surface area contributed by atoms with Crippen LogP contribution in [0.5, 0.6) is 5.75 Å². The molecule has 2 unspecified atom stereocenters. The molecule has 2 aliphatic rings. The normalized spacial score (nSPS) is 20.7. The number of halogens is 1. The van der Waals surface area contributed by atoms with Crippen LogP contribution < -0.4 is 9.64 Å². The lowest BCUT2D eigenvalue weighted by atomic mass is 9.94. The number of anilines is 1. The van der Waals surface area contributed by atoms with Gasteiger partial charge in [-0.3, -0.25) is 14.5 Å². The van der Waals surface area contributed by atoms with Gasteiger partial charge in [-0.1, -0.05) is 45.5 Å². The Kier molecular flexibility index (Phi) is 5.46. The lowest BCUT2D eigenvalue weighted by molar-refractivity contribution is -0.132. The first-order chi connectivity index (χ1) is 17.3. The Balaban J connectivity index is 1.53. The third-order valence-corrected chi connectivity index (χ3v) is 8.08. The van der Waals surface area contributed by atoms with Gasteiger partial charge < -0.3 is 9.84 Å². The minimum atomic E-state index is -0.816. The van der Waals surface area contributed by atoms with Crippen molar-refractivity contribution in [1.82, 2.24) is 4.98 Å². The Hall–Kier alpha value is -3.49. The number of rotatable bonds is 3. The number of aliphatic hydroxyl groups is 1. The zero-order chi connectivity index (χ0) is 25.1. The molecule has 4 aromatic rings. The van der Waals surface area contributed by atoms with Gasteiger partial charge in [-0.2, -0.15) is 0 Å². The maximum absolute atomic E-state index is 13.4. The van der Waals surface area contributed by atoms with Gasteiger partial charge in [-0.05, 0) is 73.0 Å². The summed E-state index contributed by atoms with van der Waals surface area (Å²) in [4.78, 5) is 33.0. The first-order valence-corrected chi connectivity index (χ1v) is 13.1. The molecule has 3 aromatic carbocycles. The highest BCUT2D eigenvalue weighted by molar-refractivity contribution is 9.10. The summed E-state index contributed by atoms with van der Waals surface area (Å²) in [5, 5.41) is 11.9. The number of ether oxygens (including phenoxy) is 1. The van der Waals surface area contributed by atoms with E-state index in [1.54, 1.807) is 12.1 Å². The molecule has 0 aliphatic carbocycles. The fourth-order valence-corrected chi connectivity index (χ4v) is 6.19. The van der Waals surface area contributed by atoms with Crippen LogP contribution in [0.25, 0.3) is 16.0 Å². The van der Waals surface area contributed by atoms with Gasteiger partial charge in [0.15, 0.2) is 5.13 Å². The van der Waals surface area contributed by atoms with E-state index < -0.39 is 17.7 Å². The molecule has 1 saturated heterocycles. The molecule has 0 spiro atoms. The summed E-state index contributed by atoms with van der Waals surface area (Å²) >= 11 is 4.80. The Morgan fingerprint density at radius 2 is 1.89 bits per heavy atom. The third kappa shape index (κ3) is 3.72. The molecule has 1 N–H and O–H groups in total. The van der Waals surface area contributed by atoms with Crippen molar-refractivity contribution in [2.75, 3.05) is 4.90 Å². The highest BCUT2D eigenvalue weighted by Crippen LogP contribution is 2.45. The van der Waals surface area contributed by atoms with Crippen LogP contribution in [0.15, 0.2) is 70.7 Å². The van der Waals surface area contributed by atoms with Gasteiger partial charge in [-0.15, -0.1) is 0 Å². The number of aryl methyl sites for hydroxylation is 1. The summed E-state index contributed by atoms with van der Waals surface area (Å²) in [6.45, 7) is 3.98. The minimum absolute atomic E-state index is 0.0460. The van der Waals surface area contributed by atoms with E-state index in [-0.39, 0.29) is 17.4 Å². The van der Waals surface area contributed by atoms with Crippen molar-refractivity contribution in [3.05, 3.63) is 93.0 Å². The van der Waals surface area contributed by atoms with Gasteiger partial charge in [0.1, 0.15) is 17.6 Å². The predicted octanol–water partition coefficient (Wildman–Crippen LogP) is 6.32. The maximum Gasteiger partial charge on any atom is 0.301 e. The van der Waals surface area contributed by atoms with Crippen LogP contribution in [-0.4, -0.2) is 27.9 Å². The topological polar surface area (TPSA) is 79.7 Å². The third-order valence-electron chi connectivity index (χ3n) is 6.54. The van der Waals surface area contributed by atoms with Gasteiger partial charge in [-0.25, -0.2) is 4.98 Å². The Bertz CT molecular complexity index is 1590. The number of hydrogen-bond acceptors (Lipinski definition) is 6. The summed E-state index contributed by atoms with van der Waals surface area (Å²) < 4.78 is 7.57. The number of benzene rings is 3.